The van der Waals surface area contributed by atoms with Gasteiger partial charge in [0.1, 0.15) is 6.04 Å². The maximum atomic E-state index is 13.7. The molecule has 0 radical (unpaired) electrons. The van der Waals surface area contributed by atoms with Crippen LogP contribution in [0.15, 0.2) is 86.6 Å². The number of halogens is 2. The first kappa shape index (κ1) is 23.8. The van der Waals surface area contributed by atoms with Crippen molar-refractivity contribution in [2.45, 2.75) is 30.8 Å². The van der Waals surface area contributed by atoms with Crippen molar-refractivity contribution in [3.8, 4) is 0 Å². The predicted octanol–water partition coefficient (Wildman–Crippen LogP) is 5.04. The molecule has 0 aliphatic carbocycles. The van der Waals surface area contributed by atoms with Gasteiger partial charge in [0.15, 0.2) is 0 Å². The normalized spacial score (nSPS) is 16.6. The number of nitrogens with zero attached hydrogens (tertiary/aromatic N) is 2. The van der Waals surface area contributed by atoms with Crippen LogP contribution in [0.1, 0.15) is 17.5 Å². The molecule has 1 unspecified atom stereocenters. The number of hydrogen-bond donors (Lipinski definition) is 0. The zero-order valence-corrected chi connectivity index (χ0v) is 21.6. The number of imide groups is 1. The summed E-state index contributed by atoms with van der Waals surface area (Å²) in [4.78, 5) is 27.4. The van der Waals surface area contributed by atoms with Crippen LogP contribution in [0.5, 0.6) is 0 Å². The quantitative estimate of drug-likeness (QED) is 0.376. The molecule has 1 aliphatic heterocycles. The van der Waals surface area contributed by atoms with Gasteiger partial charge in [-0.25, -0.2) is 13.3 Å². The summed E-state index contributed by atoms with van der Waals surface area (Å²) < 4.78 is 30.0. The number of rotatable bonds is 6. The van der Waals surface area contributed by atoms with Crippen molar-refractivity contribution < 1.29 is 18.0 Å². The summed E-state index contributed by atoms with van der Waals surface area (Å²) in [6.07, 6.45) is -0.226. The van der Waals surface area contributed by atoms with Crippen molar-refractivity contribution in [3.63, 3.8) is 0 Å². The smallest absolute Gasteiger partial charge is 0.252 e. The molecule has 6 nitrogen and oxygen atoms in total. The summed E-state index contributed by atoms with van der Waals surface area (Å²) in [6, 6.07) is 19.3. The lowest BCUT2D eigenvalue weighted by Crippen LogP contribution is -2.45. The SMILES string of the molecule is Cc1ccc(CN(C2CC(=O)N(c3ccc(Br)cc3)C2=O)S(=O)(=O)c2ccc(Br)cc2)cc1. The fourth-order valence-electron chi connectivity index (χ4n) is 3.68. The lowest BCUT2D eigenvalue weighted by atomic mass is 10.1. The van der Waals surface area contributed by atoms with E-state index in [4.69, 9.17) is 0 Å². The standard InChI is InChI=1S/C24H20Br2N2O4S/c1-16-2-4-17(5-3-16)15-27(33(31,32)21-12-8-19(26)9-13-21)22-14-23(29)28(24(22)30)20-10-6-18(25)7-11-20/h2-13,22H,14-15H2,1H3. The fraction of sp³-hybridized carbons (Fsp3) is 0.167. The fourth-order valence-corrected chi connectivity index (χ4v) is 5.78. The minimum Gasteiger partial charge on any atom is -0.274 e. The first-order valence-corrected chi connectivity index (χ1v) is 13.1. The molecule has 2 amide bonds. The van der Waals surface area contributed by atoms with Crippen LogP contribution in [0.2, 0.25) is 0 Å². The van der Waals surface area contributed by atoms with E-state index in [2.05, 4.69) is 31.9 Å². The molecule has 1 atom stereocenters. The maximum absolute atomic E-state index is 13.7. The predicted molar refractivity (Wildman–Crippen MR) is 133 cm³/mol. The van der Waals surface area contributed by atoms with Gasteiger partial charge in [0, 0.05) is 15.5 Å². The summed E-state index contributed by atoms with van der Waals surface area (Å²) in [5.41, 5.74) is 2.17. The zero-order chi connectivity index (χ0) is 23.8. The molecule has 3 aromatic rings. The molecular weight excluding hydrogens is 572 g/mol. The van der Waals surface area contributed by atoms with Crippen molar-refractivity contribution in [2.24, 2.45) is 0 Å². The second-order valence-electron chi connectivity index (χ2n) is 7.75. The highest BCUT2D eigenvalue weighted by molar-refractivity contribution is 9.10. The molecule has 170 valence electrons. The van der Waals surface area contributed by atoms with Crippen LogP contribution in [0.25, 0.3) is 0 Å². The zero-order valence-electron chi connectivity index (χ0n) is 17.6. The van der Waals surface area contributed by atoms with Crippen LogP contribution in [0.4, 0.5) is 5.69 Å². The molecule has 4 rings (SSSR count). The molecular formula is C24H20Br2N2O4S. The van der Waals surface area contributed by atoms with E-state index in [9.17, 15) is 18.0 Å². The Kier molecular flexibility index (Phi) is 6.86. The minimum absolute atomic E-state index is 0.0312. The van der Waals surface area contributed by atoms with E-state index in [0.717, 1.165) is 29.3 Å². The Hall–Kier alpha value is -2.33. The Morgan fingerprint density at radius 2 is 1.42 bits per heavy atom. The average molecular weight is 592 g/mol. The lowest BCUT2D eigenvalue weighted by molar-refractivity contribution is -0.122. The van der Waals surface area contributed by atoms with E-state index in [1.54, 1.807) is 36.4 Å². The average Bonchev–Trinajstić information content (AvgIpc) is 3.07. The van der Waals surface area contributed by atoms with Crippen molar-refractivity contribution >= 4 is 59.4 Å². The number of sulfonamides is 1. The van der Waals surface area contributed by atoms with Gasteiger partial charge in [0.25, 0.3) is 5.91 Å². The number of aryl methyl sites for hydroxylation is 1. The summed E-state index contributed by atoms with van der Waals surface area (Å²) >= 11 is 6.65. The minimum atomic E-state index is -4.07. The molecule has 3 aromatic carbocycles. The van der Waals surface area contributed by atoms with E-state index < -0.39 is 27.9 Å². The second-order valence-corrected chi connectivity index (χ2v) is 11.5. The summed E-state index contributed by atoms with van der Waals surface area (Å²) in [7, 11) is -4.07. The van der Waals surface area contributed by atoms with Gasteiger partial charge in [-0.15, -0.1) is 0 Å². The number of anilines is 1. The van der Waals surface area contributed by atoms with E-state index >= 15 is 0 Å². The highest BCUT2D eigenvalue weighted by Crippen LogP contribution is 2.31. The summed E-state index contributed by atoms with van der Waals surface area (Å²) in [5, 5.41) is 0. The van der Waals surface area contributed by atoms with Crippen molar-refractivity contribution in [2.75, 3.05) is 4.90 Å². The third-order valence-corrected chi connectivity index (χ3v) is 8.36. The van der Waals surface area contributed by atoms with Gasteiger partial charge in [-0.3, -0.25) is 9.59 Å². The van der Waals surface area contributed by atoms with E-state index in [-0.39, 0.29) is 17.9 Å². The molecule has 0 spiro atoms. The molecule has 33 heavy (non-hydrogen) atoms. The van der Waals surface area contributed by atoms with Crippen molar-refractivity contribution in [1.29, 1.82) is 0 Å². The number of amides is 2. The van der Waals surface area contributed by atoms with Gasteiger partial charge >= 0.3 is 0 Å². The molecule has 0 bridgehead atoms. The number of benzene rings is 3. The monoisotopic (exact) mass is 590 g/mol. The van der Waals surface area contributed by atoms with E-state index in [0.29, 0.717) is 5.69 Å². The van der Waals surface area contributed by atoms with Gasteiger partial charge < -0.3 is 0 Å². The van der Waals surface area contributed by atoms with E-state index in [1.165, 1.54) is 12.1 Å². The second kappa shape index (κ2) is 9.50. The number of hydrogen-bond acceptors (Lipinski definition) is 4. The molecule has 0 N–H and O–H groups in total. The van der Waals surface area contributed by atoms with Crippen LogP contribution >= 0.6 is 31.9 Å². The summed E-state index contributed by atoms with van der Waals surface area (Å²) in [5.74, 6) is -0.998. The maximum Gasteiger partial charge on any atom is 0.252 e. The lowest BCUT2D eigenvalue weighted by Gasteiger charge is -2.27. The van der Waals surface area contributed by atoms with Gasteiger partial charge in [-0.05, 0) is 61.0 Å². The van der Waals surface area contributed by atoms with Crippen LogP contribution in [-0.2, 0) is 26.2 Å². The Bertz CT molecular complexity index is 1290. The Morgan fingerprint density at radius 1 is 0.879 bits per heavy atom. The molecule has 1 saturated heterocycles. The van der Waals surface area contributed by atoms with Gasteiger partial charge in [-0.1, -0.05) is 61.7 Å². The molecule has 0 saturated carbocycles. The molecule has 9 heteroatoms. The molecule has 0 aromatic heterocycles. The Morgan fingerprint density at radius 3 is 2.00 bits per heavy atom. The molecule has 1 aliphatic rings. The molecule has 1 heterocycles. The van der Waals surface area contributed by atoms with Crippen molar-refractivity contribution in [1.82, 2.24) is 4.31 Å². The van der Waals surface area contributed by atoms with Crippen LogP contribution in [0.3, 0.4) is 0 Å². The third-order valence-electron chi connectivity index (χ3n) is 5.43. The largest absolute Gasteiger partial charge is 0.274 e. The van der Waals surface area contributed by atoms with Gasteiger partial charge in [0.05, 0.1) is 17.0 Å². The topological polar surface area (TPSA) is 74.8 Å². The van der Waals surface area contributed by atoms with Gasteiger partial charge in [-0.2, -0.15) is 4.31 Å². The summed E-state index contributed by atoms with van der Waals surface area (Å²) in [6.45, 7) is 1.91. The van der Waals surface area contributed by atoms with Crippen LogP contribution in [0, 0.1) is 6.92 Å². The molecule has 1 fully saturated rings. The third kappa shape index (κ3) is 4.96. The highest BCUT2D eigenvalue weighted by atomic mass is 79.9. The number of carbonyl (C=O) groups excluding carboxylic acids is 2. The Labute approximate surface area is 209 Å². The van der Waals surface area contributed by atoms with Crippen molar-refractivity contribution in [3.05, 3.63) is 92.9 Å². The Balaban J connectivity index is 1.74. The van der Waals surface area contributed by atoms with Crippen LogP contribution in [-0.4, -0.2) is 30.6 Å². The first-order valence-electron chi connectivity index (χ1n) is 10.1. The van der Waals surface area contributed by atoms with E-state index in [1.807, 2.05) is 31.2 Å². The van der Waals surface area contributed by atoms with Crippen LogP contribution < -0.4 is 4.90 Å². The van der Waals surface area contributed by atoms with Gasteiger partial charge in [0.2, 0.25) is 15.9 Å². The first-order chi connectivity index (χ1) is 15.7. The number of carbonyl (C=O) groups is 2. The highest BCUT2D eigenvalue weighted by Gasteiger charge is 2.47.